The number of carbonyl (C=O) groups is 1. The zero-order valence-electron chi connectivity index (χ0n) is 12.6. The highest BCUT2D eigenvalue weighted by atomic mass is 19.1. The molecule has 0 radical (unpaired) electrons. The highest BCUT2D eigenvalue weighted by Gasteiger charge is 2.41. The smallest absolute Gasteiger partial charge is 0.168 e. The van der Waals surface area contributed by atoms with E-state index in [0.717, 1.165) is 18.9 Å². The summed E-state index contributed by atoms with van der Waals surface area (Å²) >= 11 is 0. The molecule has 1 aliphatic rings. The summed E-state index contributed by atoms with van der Waals surface area (Å²) in [5, 5.41) is 0. The van der Waals surface area contributed by atoms with E-state index < -0.39 is 17.2 Å². The molecule has 1 aliphatic carbocycles. The first-order chi connectivity index (χ1) is 9.95. The number of halogens is 2. The van der Waals surface area contributed by atoms with Crippen molar-refractivity contribution in [3.63, 3.8) is 0 Å². The Labute approximate surface area is 124 Å². The van der Waals surface area contributed by atoms with E-state index in [9.17, 15) is 13.6 Å². The topological polar surface area (TPSA) is 26.3 Å². The lowest BCUT2D eigenvalue weighted by molar-refractivity contribution is -0.149. The molecule has 2 rings (SSSR count). The Morgan fingerprint density at radius 3 is 2.33 bits per heavy atom. The van der Waals surface area contributed by atoms with Crippen LogP contribution in [-0.2, 0) is 16.0 Å². The fourth-order valence-corrected chi connectivity index (χ4v) is 3.07. The number of hydrogen-bond donors (Lipinski definition) is 0. The summed E-state index contributed by atoms with van der Waals surface area (Å²) in [6, 6.07) is 3.24. The molecule has 0 aromatic heterocycles. The molecule has 1 aromatic carbocycles. The number of rotatable bonds is 5. The van der Waals surface area contributed by atoms with Crippen molar-refractivity contribution in [1.82, 2.24) is 0 Å². The van der Waals surface area contributed by atoms with Crippen molar-refractivity contribution in [3.8, 4) is 0 Å². The van der Waals surface area contributed by atoms with Gasteiger partial charge in [-0.15, -0.1) is 0 Å². The van der Waals surface area contributed by atoms with Crippen LogP contribution < -0.4 is 0 Å². The molecule has 0 spiro atoms. The molecule has 0 N–H and O–H groups in total. The van der Waals surface area contributed by atoms with Gasteiger partial charge in [0.05, 0.1) is 0 Å². The maximum atomic E-state index is 13.2. The van der Waals surface area contributed by atoms with Gasteiger partial charge in [-0.05, 0) is 56.2 Å². The molecule has 0 atom stereocenters. The molecule has 0 bridgehead atoms. The third-order valence-corrected chi connectivity index (χ3v) is 4.30. The molecule has 0 saturated heterocycles. The van der Waals surface area contributed by atoms with Gasteiger partial charge < -0.3 is 4.74 Å². The van der Waals surface area contributed by atoms with Crippen LogP contribution in [0.5, 0.6) is 0 Å². The first-order valence-corrected chi connectivity index (χ1v) is 7.57. The van der Waals surface area contributed by atoms with Gasteiger partial charge >= 0.3 is 0 Å². The molecular formula is C17H22F2O2. The fraction of sp³-hybridized carbons (Fsp3) is 0.588. The minimum absolute atomic E-state index is 0.0169. The number of Topliss-reactive ketones (excluding diaryl/α,β-unsaturated/α-hetero) is 1. The Balaban J connectivity index is 2.15. The number of carbonyl (C=O) groups excluding carboxylic acids is 1. The number of benzene rings is 1. The Hall–Kier alpha value is -1.29. The Kier molecular flexibility index (Phi) is 5.09. The van der Waals surface area contributed by atoms with Crippen molar-refractivity contribution in [2.24, 2.45) is 5.92 Å². The van der Waals surface area contributed by atoms with E-state index in [1.807, 2.05) is 6.92 Å². The Morgan fingerprint density at radius 2 is 1.81 bits per heavy atom. The monoisotopic (exact) mass is 296 g/mol. The average molecular weight is 296 g/mol. The first-order valence-electron chi connectivity index (χ1n) is 7.57. The standard InChI is InChI=1S/C17H22F2O2/c1-3-21-17(6-4-12(2)5-7-17)16(20)10-13-8-14(18)11-15(19)9-13/h8-9,11-12H,3-7,10H2,1-2H3. The molecule has 21 heavy (non-hydrogen) atoms. The van der Waals surface area contributed by atoms with Gasteiger partial charge in [0.15, 0.2) is 5.78 Å². The van der Waals surface area contributed by atoms with Crippen LogP contribution in [-0.4, -0.2) is 18.0 Å². The first kappa shape index (κ1) is 16.1. The van der Waals surface area contributed by atoms with Crippen molar-refractivity contribution in [3.05, 3.63) is 35.4 Å². The summed E-state index contributed by atoms with van der Waals surface area (Å²) in [4.78, 5) is 12.6. The summed E-state index contributed by atoms with van der Waals surface area (Å²) in [6.07, 6.45) is 3.30. The van der Waals surface area contributed by atoms with Gasteiger partial charge in [-0.25, -0.2) is 8.78 Å². The quantitative estimate of drug-likeness (QED) is 0.819. The van der Waals surface area contributed by atoms with Crippen molar-refractivity contribution in [1.29, 1.82) is 0 Å². The normalized spacial score (nSPS) is 25.8. The molecule has 0 amide bonds. The van der Waals surface area contributed by atoms with Crippen molar-refractivity contribution in [2.45, 2.75) is 51.6 Å². The van der Waals surface area contributed by atoms with Crippen LogP contribution in [0.4, 0.5) is 8.78 Å². The zero-order chi connectivity index (χ0) is 15.5. The Bertz CT molecular complexity index is 485. The van der Waals surface area contributed by atoms with Crippen molar-refractivity contribution >= 4 is 5.78 Å². The second kappa shape index (κ2) is 6.65. The lowest BCUT2D eigenvalue weighted by atomic mass is 9.76. The Morgan fingerprint density at radius 1 is 1.24 bits per heavy atom. The van der Waals surface area contributed by atoms with Gasteiger partial charge in [-0.1, -0.05) is 6.92 Å². The predicted octanol–water partition coefficient (Wildman–Crippen LogP) is 4.06. The van der Waals surface area contributed by atoms with E-state index >= 15 is 0 Å². The van der Waals surface area contributed by atoms with Crippen molar-refractivity contribution in [2.75, 3.05) is 6.61 Å². The molecule has 1 fully saturated rings. The predicted molar refractivity (Wildman–Crippen MR) is 77.1 cm³/mol. The van der Waals surface area contributed by atoms with Crippen LogP contribution in [0.1, 0.15) is 45.1 Å². The summed E-state index contributed by atoms with van der Waals surface area (Å²) in [6.45, 7) is 4.51. The minimum atomic E-state index is -0.774. The highest BCUT2D eigenvalue weighted by molar-refractivity contribution is 5.89. The minimum Gasteiger partial charge on any atom is -0.367 e. The molecule has 116 valence electrons. The second-order valence-corrected chi connectivity index (χ2v) is 5.99. The van der Waals surface area contributed by atoms with E-state index in [-0.39, 0.29) is 12.2 Å². The number of ether oxygens (including phenoxy) is 1. The van der Waals surface area contributed by atoms with Gasteiger partial charge in [-0.2, -0.15) is 0 Å². The third kappa shape index (κ3) is 3.88. The van der Waals surface area contributed by atoms with Gasteiger partial charge in [0.1, 0.15) is 17.2 Å². The van der Waals surface area contributed by atoms with Gasteiger partial charge in [0, 0.05) is 19.1 Å². The fourth-order valence-electron chi connectivity index (χ4n) is 3.07. The van der Waals surface area contributed by atoms with E-state index in [2.05, 4.69) is 6.92 Å². The molecule has 4 heteroatoms. The van der Waals surface area contributed by atoms with Crippen LogP contribution in [0, 0.1) is 17.6 Å². The molecular weight excluding hydrogens is 274 g/mol. The third-order valence-electron chi connectivity index (χ3n) is 4.30. The van der Waals surface area contributed by atoms with E-state index in [4.69, 9.17) is 4.74 Å². The molecule has 0 heterocycles. The van der Waals surface area contributed by atoms with E-state index in [1.54, 1.807) is 0 Å². The number of hydrogen-bond acceptors (Lipinski definition) is 2. The summed E-state index contributed by atoms with van der Waals surface area (Å²) < 4.78 is 32.2. The van der Waals surface area contributed by atoms with Gasteiger partial charge in [-0.3, -0.25) is 4.79 Å². The summed E-state index contributed by atoms with van der Waals surface area (Å²) in [5.74, 6) is -0.778. The van der Waals surface area contributed by atoms with Crippen molar-refractivity contribution < 1.29 is 18.3 Å². The van der Waals surface area contributed by atoms with Crippen LogP contribution in [0.3, 0.4) is 0 Å². The second-order valence-electron chi connectivity index (χ2n) is 5.99. The summed E-state index contributed by atoms with van der Waals surface area (Å²) in [7, 11) is 0. The summed E-state index contributed by atoms with van der Waals surface area (Å²) in [5.41, 5.74) is -0.403. The zero-order valence-corrected chi connectivity index (χ0v) is 12.6. The van der Waals surface area contributed by atoms with Crippen LogP contribution in [0.15, 0.2) is 18.2 Å². The molecule has 1 saturated carbocycles. The van der Waals surface area contributed by atoms with Gasteiger partial charge in [0.25, 0.3) is 0 Å². The lowest BCUT2D eigenvalue weighted by Gasteiger charge is -2.38. The maximum Gasteiger partial charge on any atom is 0.168 e. The lowest BCUT2D eigenvalue weighted by Crippen LogP contribution is -2.45. The van der Waals surface area contributed by atoms with Crippen LogP contribution in [0.2, 0.25) is 0 Å². The molecule has 2 nitrogen and oxygen atoms in total. The van der Waals surface area contributed by atoms with Gasteiger partial charge in [0.2, 0.25) is 0 Å². The van der Waals surface area contributed by atoms with E-state index in [0.29, 0.717) is 30.9 Å². The van der Waals surface area contributed by atoms with E-state index in [1.165, 1.54) is 12.1 Å². The molecule has 1 aromatic rings. The largest absolute Gasteiger partial charge is 0.367 e. The average Bonchev–Trinajstić information content (AvgIpc) is 2.40. The van der Waals surface area contributed by atoms with Crippen LogP contribution >= 0.6 is 0 Å². The SMILES string of the molecule is CCOC1(C(=O)Cc2cc(F)cc(F)c2)CCC(C)CC1. The highest BCUT2D eigenvalue weighted by Crippen LogP contribution is 2.36. The number of ketones is 1. The molecule has 0 unspecified atom stereocenters. The van der Waals surface area contributed by atoms with Crippen LogP contribution in [0.25, 0.3) is 0 Å². The maximum absolute atomic E-state index is 13.2. The molecule has 0 aliphatic heterocycles.